The molecular weight excluding hydrogens is 325 g/mol. The summed E-state index contributed by atoms with van der Waals surface area (Å²) in [6, 6.07) is 10.1. The molecule has 0 saturated heterocycles. The fraction of sp³-hybridized carbons (Fsp3) is 0.250. The lowest BCUT2D eigenvalue weighted by Gasteiger charge is -2.15. The predicted molar refractivity (Wildman–Crippen MR) is 87.8 cm³/mol. The Morgan fingerprint density at radius 2 is 1.86 bits per heavy atom. The van der Waals surface area contributed by atoms with Gasteiger partial charge in [-0.3, -0.25) is 0 Å². The highest BCUT2D eigenvalue weighted by molar-refractivity contribution is 6.36. The highest BCUT2D eigenvalue weighted by Crippen LogP contribution is 2.30. The summed E-state index contributed by atoms with van der Waals surface area (Å²) < 4.78 is 5.11. The van der Waals surface area contributed by atoms with E-state index in [-0.39, 0.29) is 12.3 Å². The van der Waals surface area contributed by atoms with E-state index >= 15 is 0 Å². The first kappa shape index (κ1) is 16.9. The molecule has 118 valence electrons. The maximum Gasteiger partial charge on any atom is 0.120 e. The molecular formula is C16H17Cl2NO3. The van der Waals surface area contributed by atoms with Crippen molar-refractivity contribution < 1.29 is 14.9 Å². The summed E-state index contributed by atoms with van der Waals surface area (Å²) in [5.74, 6) is 0.822. The van der Waals surface area contributed by atoms with Gasteiger partial charge in [0.2, 0.25) is 0 Å². The number of ether oxygens (including phenoxy) is 1. The molecule has 0 fully saturated rings. The minimum Gasteiger partial charge on any atom is -0.508 e. The molecule has 2 rings (SSSR count). The molecule has 0 amide bonds. The van der Waals surface area contributed by atoms with Gasteiger partial charge in [0.15, 0.2) is 0 Å². The van der Waals surface area contributed by atoms with Crippen LogP contribution in [0.25, 0.3) is 0 Å². The van der Waals surface area contributed by atoms with Crippen LogP contribution in [-0.2, 0) is 6.54 Å². The van der Waals surface area contributed by atoms with Crippen molar-refractivity contribution in [3.8, 4) is 11.5 Å². The maximum atomic E-state index is 10.2. The van der Waals surface area contributed by atoms with Gasteiger partial charge in [-0.15, -0.1) is 0 Å². The Hall–Kier alpha value is -1.46. The van der Waals surface area contributed by atoms with Crippen molar-refractivity contribution in [3.63, 3.8) is 0 Å². The molecule has 0 aliphatic carbocycles. The standard InChI is InChI=1S/C16H17Cl2NO3/c1-22-11-5-6-14(20)10(7-11)8-19-9-15(21)16-12(17)3-2-4-13(16)18/h2-7,15,19-21H,8-9H2,1H3. The summed E-state index contributed by atoms with van der Waals surface area (Å²) in [5.41, 5.74) is 1.17. The number of hydrogen-bond donors (Lipinski definition) is 3. The number of benzene rings is 2. The molecule has 4 nitrogen and oxygen atoms in total. The number of aliphatic hydroxyl groups excluding tert-OH is 1. The molecule has 0 aromatic heterocycles. The Labute approximate surface area is 139 Å². The van der Waals surface area contributed by atoms with E-state index in [1.807, 2.05) is 0 Å². The summed E-state index contributed by atoms with van der Waals surface area (Å²) in [6.07, 6.45) is -0.839. The number of aliphatic hydroxyl groups is 1. The number of phenols is 1. The number of aromatic hydroxyl groups is 1. The van der Waals surface area contributed by atoms with E-state index in [9.17, 15) is 10.2 Å². The molecule has 0 heterocycles. The molecule has 0 aliphatic rings. The van der Waals surface area contributed by atoms with Gasteiger partial charge in [0.25, 0.3) is 0 Å². The van der Waals surface area contributed by atoms with Gasteiger partial charge in [0, 0.05) is 34.3 Å². The molecule has 1 atom stereocenters. The Bertz CT molecular complexity index is 629. The van der Waals surface area contributed by atoms with Gasteiger partial charge in [-0.1, -0.05) is 29.3 Å². The SMILES string of the molecule is COc1ccc(O)c(CNCC(O)c2c(Cl)cccc2Cl)c1. The second-order valence-electron chi connectivity index (χ2n) is 4.78. The van der Waals surface area contributed by atoms with Crippen LogP contribution < -0.4 is 10.1 Å². The van der Waals surface area contributed by atoms with Crippen LogP contribution in [0.5, 0.6) is 11.5 Å². The molecule has 6 heteroatoms. The molecule has 0 spiro atoms. The van der Waals surface area contributed by atoms with Crippen LogP contribution in [0.3, 0.4) is 0 Å². The summed E-state index contributed by atoms with van der Waals surface area (Å²) in [4.78, 5) is 0. The fourth-order valence-electron chi connectivity index (χ4n) is 2.11. The molecule has 0 radical (unpaired) electrons. The third kappa shape index (κ3) is 4.05. The summed E-state index contributed by atoms with van der Waals surface area (Å²) >= 11 is 12.1. The summed E-state index contributed by atoms with van der Waals surface area (Å²) in [5, 5.41) is 23.9. The van der Waals surface area contributed by atoms with Gasteiger partial charge in [-0.05, 0) is 30.3 Å². The first-order valence-corrected chi connectivity index (χ1v) is 7.47. The van der Waals surface area contributed by atoms with Gasteiger partial charge >= 0.3 is 0 Å². The number of nitrogens with one attached hydrogen (secondary N) is 1. The zero-order valence-corrected chi connectivity index (χ0v) is 13.5. The van der Waals surface area contributed by atoms with Crippen molar-refractivity contribution >= 4 is 23.2 Å². The fourth-order valence-corrected chi connectivity index (χ4v) is 2.75. The Morgan fingerprint density at radius 3 is 2.50 bits per heavy atom. The zero-order valence-electron chi connectivity index (χ0n) is 12.0. The van der Waals surface area contributed by atoms with Crippen LogP contribution in [0, 0.1) is 0 Å². The summed E-state index contributed by atoms with van der Waals surface area (Å²) in [6.45, 7) is 0.627. The predicted octanol–water partition coefficient (Wildman–Crippen LogP) is 3.53. The lowest BCUT2D eigenvalue weighted by atomic mass is 10.1. The van der Waals surface area contributed by atoms with Crippen LogP contribution in [0.4, 0.5) is 0 Å². The van der Waals surface area contributed by atoms with Gasteiger partial charge in [-0.25, -0.2) is 0 Å². The topological polar surface area (TPSA) is 61.7 Å². The number of methoxy groups -OCH3 is 1. The monoisotopic (exact) mass is 341 g/mol. The van der Waals surface area contributed by atoms with Gasteiger partial charge in [0.1, 0.15) is 11.5 Å². The quantitative estimate of drug-likeness (QED) is 0.752. The van der Waals surface area contributed by atoms with E-state index in [0.29, 0.717) is 33.5 Å². The molecule has 22 heavy (non-hydrogen) atoms. The largest absolute Gasteiger partial charge is 0.508 e. The van der Waals surface area contributed by atoms with E-state index in [1.165, 1.54) is 0 Å². The lowest BCUT2D eigenvalue weighted by Crippen LogP contribution is -2.21. The molecule has 0 bridgehead atoms. The summed E-state index contributed by atoms with van der Waals surface area (Å²) in [7, 11) is 1.56. The lowest BCUT2D eigenvalue weighted by molar-refractivity contribution is 0.174. The number of hydrogen-bond acceptors (Lipinski definition) is 4. The second-order valence-corrected chi connectivity index (χ2v) is 5.59. The van der Waals surface area contributed by atoms with Crippen molar-refractivity contribution in [2.45, 2.75) is 12.6 Å². The molecule has 2 aromatic rings. The van der Waals surface area contributed by atoms with Gasteiger partial charge in [-0.2, -0.15) is 0 Å². The molecule has 0 saturated carbocycles. The highest BCUT2D eigenvalue weighted by Gasteiger charge is 2.15. The van der Waals surface area contributed by atoms with E-state index in [2.05, 4.69) is 5.32 Å². The zero-order chi connectivity index (χ0) is 16.1. The molecule has 1 unspecified atom stereocenters. The van der Waals surface area contributed by atoms with Crippen molar-refractivity contribution in [1.82, 2.24) is 5.32 Å². The molecule has 2 aromatic carbocycles. The van der Waals surface area contributed by atoms with E-state index < -0.39 is 6.10 Å². The van der Waals surface area contributed by atoms with Crippen molar-refractivity contribution in [1.29, 1.82) is 0 Å². The third-order valence-corrected chi connectivity index (χ3v) is 3.93. The average Bonchev–Trinajstić information content (AvgIpc) is 2.49. The highest BCUT2D eigenvalue weighted by atomic mass is 35.5. The molecule has 3 N–H and O–H groups in total. The van der Waals surface area contributed by atoms with E-state index in [0.717, 1.165) is 0 Å². The van der Waals surface area contributed by atoms with E-state index in [1.54, 1.807) is 43.5 Å². The van der Waals surface area contributed by atoms with Crippen LogP contribution in [0.15, 0.2) is 36.4 Å². The Kier molecular flexibility index (Phi) is 5.91. The van der Waals surface area contributed by atoms with Crippen molar-refractivity contribution in [2.75, 3.05) is 13.7 Å². The van der Waals surface area contributed by atoms with Crippen molar-refractivity contribution in [2.24, 2.45) is 0 Å². The first-order valence-electron chi connectivity index (χ1n) is 6.71. The van der Waals surface area contributed by atoms with Gasteiger partial charge < -0.3 is 20.3 Å². The Morgan fingerprint density at radius 1 is 1.18 bits per heavy atom. The number of phenolic OH excluding ortho intramolecular Hbond substituents is 1. The minimum absolute atomic E-state index is 0.165. The third-order valence-electron chi connectivity index (χ3n) is 3.27. The number of halogens is 2. The van der Waals surface area contributed by atoms with Crippen LogP contribution >= 0.6 is 23.2 Å². The number of rotatable bonds is 6. The smallest absolute Gasteiger partial charge is 0.120 e. The second kappa shape index (κ2) is 7.70. The molecule has 0 aliphatic heterocycles. The van der Waals surface area contributed by atoms with Crippen LogP contribution in [0.1, 0.15) is 17.2 Å². The maximum absolute atomic E-state index is 10.2. The van der Waals surface area contributed by atoms with Crippen LogP contribution in [0.2, 0.25) is 10.0 Å². The van der Waals surface area contributed by atoms with Crippen LogP contribution in [-0.4, -0.2) is 23.9 Å². The van der Waals surface area contributed by atoms with E-state index in [4.69, 9.17) is 27.9 Å². The normalized spacial score (nSPS) is 12.2. The minimum atomic E-state index is -0.839. The van der Waals surface area contributed by atoms with Crippen molar-refractivity contribution in [3.05, 3.63) is 57.6 Å². The Balaban J connectivity index is 1.99. The van der Waals surface area contributed by atoms with Gasteiger partial charge in [0.05, 0.1) is 13.2 Å². The average molecular weight is 342 g/mol. The first-order chi connectivity index (χ1) is 10.5.